The average Bonchev–Trinajstić information content (AvgIpc) is 2.15. The summed E-state index contributed by atoms with van der Waals surface area (Å²) in [5.74, 6) is 0. The lowest BCUT2D eigenvalue weighted by Gasteiger charge is -2.40. The Balaban J connectivity index is 2.46. The second-order valence-electron chi connectivity index (χ2n) is 4.20. The van der Waals surface area contributed by atoms with Crippen LogP contribution >= 0.6 is 0 Å². The number of rotatable bonds is 4. The van der Waals surface area contributed by atoms with Gasteiger partial charge in [0.25, 0.3) is 0 Å². The van der Waals surface area contributed by atoms with Gasteiger partial charge in [0.2, 0.25) is 0 Å². The average molecular weight is 185 g/mol. The molecule has 1 fully saturated rings. The second-order valence-corrected chi connectivity index (χ2v) is 4.20. The van der Waals surface area contributed by atoms with Crippen LogP contribution in [0.5, 0.6) is 0 Å². The first kappa shape index (κ1) is 11.0. The van der Waals surface area contributed by atoms with Gasteiger partial charge in [-0.15, -0.1) is 0 Å². The Hall–Kier alpha value is -0.0800. The Bertz CT molecular complexity index is 149. The van der Waals surface area contributed by atoms with Crippen molar-refractivity contribution in [3.05, 3.63) is 0 Å². The first-order valence-electron chi connectivity index (χ1n) is 5.61. The van der Waals surface area contributed by atoms with E-state index in [1.165, 1.54) is 19.3 Å². The highest BCUT2D eigenvalue weighted by Crippen LogP contribution is 2.26. The summed E-state index contributed by atoms with van der Waals surface area (Å²) in [5, 5.41) is 3.46. The predicted octanol–water partition coefficient (Wildman–Crippen LogP) is 2.33. The van der Waals surface area contributed by atoms with E-state index in [4.69, 9.17) is 4.74 Å². The van der Waals surface area contributed by atoms with Crippen molar-refractivity contribution in [2.45, 2.75) is 58.2 Å². The first-order chi connectivity index (χ1) is 6.22. The Kier molecular flexibility index (Phi) is 4.20. The third-order valence-corrected chi connectivity index (χ3v) is 2.96. The molecule has 78 valence electrons. The number of hydrogen-bond donors (Lipinski definition) is 1. The van der Waals surface area contributed by atoms with Gasteiger partial charge in [0.15, 0.2) is 0 Å². The van der Waals surface area contributed by atoms with Crippen molar-refractivity contribution in [3.63, 3.8) is 0 Å². The molecular formula is C11H23NO. The van der Waals surface area contributed by atoms with Crippen molar-refractivity contribution in [1.82, 2.24) is 5.32 Å². The summed E-state index contributed by atoms with van der Waals surface area (Å²) < 4.78 is 6.06. The summed E-state index contributed by atoms with van der Waals surface area (Å²) in [5.41, 5.74) is 0.133. The predicted molar refractivity (Wildman–Crippen MR) is 56.0 cm³/mol. The van der Waals surface area contributed by atoms with Crippen LogP contribution in [0.2, 0.25) is 0 Å². The molecule has 2 unspecified atom stereocenters. The Morgan fingerprint density at radius 1 is 1.46 bits per heavy atom. The molecule has 1 aliphatic rings. The van der Waals surface area contributed by atoms with E-state index in [-0.39, 0.29) is 5.60 Å². The molecule has 1 heterocycles. The van der Waals surface area contributed by atoms with Crippen molar-refractivity contribution in [2.75, 3.05) is 13.1 Å². The molecule has 1 rings (SSSR count). The van der Waals surface area contributed by atoms with Gasteiger partial charge in [0.05, 0.1) is 11.7 Å². The fourth-order valence-electron chi connectivity index (χ4n) is 2.04. The highest BCUT2D eigenvalue weighted by atomic mass is 16.5. The molecule has 1 saturated heterocycles. The zero-order valence-electron chi connectivity index (χ0n) is 9.23. The van der Waals surface area contributed by atoms with Crippen molar-refractivity contribution >= 4 is 0 Å². The summed E-state index contributed by atoms with van der Waals surface area (Å²) in [6, 6.07) is 0. The van der Waals surface area contributed by atoms with Crippen LogP contribution in [-0.4, -0.2) is 24.8 Å². The number of ether oxygens (including phenoxy) is 1. The van der Waals surface area contributed by atoms with Gasteiger partial charge in [-0.3, -0.25) is 0 Å². The summed E-state index contributed by atoms with van der Waals surface area (Å²) in [6.07, 6.45) is 5.26. The molecule has 0 saturated carbocycles. The van der Waals surface area contributed by atoms with Crippen molar-refractivity contribution in [1.29, 1.82) is 0 Å². The maximum Gasteiger partial charge on any atom is 0.0807 e. The van der Waals surface area contributed by atoms with Gasteiger partial charge in [-0.2, -0.15) is 0 Å². The highest BCUT2D eigenvalue weighted by molar-refractivity contribution is 4.86. The summed E-state index contributed by atoms with van der Waals surface area (Å²) in [7, 11) is 0. The van der Waals surface area contributed by atoms with E-state index in [1.807, 2.05) is 0 Å². The molecule has 0 aromatic heterocycles. The van der Waals surface area contributed by atoms with E-state index in [0.29, 0.717) is 6.10 Å². The van der Waals surface area contributed by atoms with Crippen LogP contribution in [0.15, 0.2) is 0 Å². The molecule has 0 radical (unpaired) electrons. The minimum atomic E-state index is 0.133. The molecule has 0 bridgehead atoms. The third-order valence-electron chi connectivity index (χ3n) is 2.96. The lowest BCUT2D eigenvalue weighted by Crippen LogP contribution is -2.52. The minimum absolute atomic E-state index is 0.133. The molecule has 0 aromatic carbocycles. The van der Waals surface area contributed by atoms with Crippen LogP contribution in [0.4, 0.5) is 0 Å². The van der Waals surface area contributed by atoms with Gasteiger partial charge < -0.3 is 10.1 Å². The number of morpholine rings is 1. The third kappa shape index (κ3) is 2.96. The Morgan fingerprint density at radius 2 is 2.23 bits per heavy atom. The van der Waals surface area contributed by atoms with Crippen molar-refractivity contribution < 1.29 is 4.74 Å². The van der Waals surface area contributed by atoms with Crippen molar-refractivity contribution in [2.24, 2.45) is 0 Å². The van der Waals surface area contributed by atoms with Gasteiger partial charge in [-0.25, -0.2) is 0 Å². The lowest BCUT2D eigenvalue weighted by molar-refractivity contribution is -0.116. The zero-order chi connectivity index (χ0) is 9.73. The molecule has 2 heteroatoms. The monoisotopic (exact) mass is 185 g/mol. The normalized spacial score (nSPS) is 34.8. The fourth-order valence-corrected chi connectivity index (χ4v) is 2.04. The lowest BCUT2D eigenvalue weighted by atomic mass is 9.92. The molecule has 2 nitrogen and oxygen atoms in total. The van der Waals surface area contributed by atoms with Gasteiger partial charge in [0.1, 0.15) is 0 Å². The van der Waals surface area contributed by atoms with E-state index in [0.717, 1.165) is 19.5 Å². The SMILES string of the molecule is CCCCC1(CC)CNCC(C)O1. The molecule has 0 spiro atoms. The summed E-state index contributed by atoms with van der Waals surface area (Å²) in [4.78, 5) is 0. The largest absolute Gasteiger partial charge is 0.369 e. The fraction of sp³-hybridized carbons (Fsp3) is 1.00. The quantitative estimate of drug-likeness (QED) is 0.726. The van der Waals surface area contributed by atoms with Crippen LogP contribution in [0, 0.1) is 0 Å². The molecule has 0 aromatic rings. The molecule has 0 amide bonds. The number of hydrogen-bond acceptors (Lipinski definition) is 2. The Morgan fingerprint density at radius 3 is 2.77 bits per heavy atom. The van der Waals surface area contributed by atoms with Crippen LogP contribution in [-0.2, 0) is 4.74 Å². The topological polar surface area (TPSA) is 21.3 Å². The molecule has 0 aliphatic carbocycles. The van der Waals surface area contributed by atoms with E-state index in [2.05, 4.69) is 26.1 Å². The maximum absolute atomic E-state index is 6.06. The van der Waals surface area contributed by atoms with Gasteiger partial charge in [-0.1, -0.05) is 26.7 Å². The van der Waals surface area contributed by atoms with Crippen LogP contribution < -0.4 is 5.32 Å². The summed E-state index contributed by atoms with van der Waals surface area (Å²) >= 11 is 0. The first-order valence-corrected chi connectivity index (χ1v) is 5.61. The van der Waals surface area contributed by atoms with E-state index in [1.54, 1.807) is 0 Å². The van der Waals surface area contributed by atoms with Crippen LogP contribution in [0.3, 0.4) is 0 Å². The van der Waals surface area contributed by atoms with Gasteiger partial charge in [-0.05, 0) is 19.8 Å². The van der Waals surface area contributed by atoms with E-state index < -0.39 is 0 Å². The number of nitrogens with one attached hydrogen (secondary N) is 1. The molecule has 1 aliphatic heterocycles. The molecule has 2 atom stereocenters. The maximum atomic E-state index is 6.06. The van der Waals surface area contributed by atoms with E-state index in [9.17, 15) is 0 Å². The highest BCUT2D eigenvalue weighted by Gasteiger charge is 2.33. The Labute approximate surface area is 82.0 Å². The van der Waals surface area contributed by atoms with Crippen molar-refractivity contribution in [3.8, 4) is 0 Å². The molecular weight excluding hydrogens is 162 g/mol. The smallest absolute Gasteiger partial charge is 0.0807 e. The summed E-state index contributed by atoms with van der Waals surface area (Å²) in [6.45, 7) is 8.67. The minimum Gasteiger partial charge on any atom is -0.369 e. The standard InChI is InChI=1S/C11H23NO/c1-4-6-7-11(5-2)9-12-8-10(3)13-11/h10,12H,4-9H2,1-3H3. The number of unbranched alkanes of at least 4 members (excludes halogenated alkanes) is 1. The zero-order valence-corrected chi connectivity index (χ0v) is 9.23. The van der Waals surface area contributed by atoms with Gasteiger partial charge in [0, 0.05) is 13.1 Å². The molecule has 13 heavy (non-hydrogen) atoms. The second kappa shape index (κ2) is 4.97. The van der Waals surface area contributed by atoms with Gasteiger partial charge >= 0.3 is 0 Å². The van der Waals surface area contributed by atoms with E-state index >= 15 is 0 Å². The van der Waals surface area contributed by atoms with Crippen LogP contribution in [0.1, 0.15) is 46.5 Å². The molecule has 1 N–H and O–H groups in total. The van der Waals surface area contributed by atoms with Crippen LogP contribution in [0.25, 0.3) is 0 Å².